The van der Waals surface area contributed by atoms with Crippen LogP contribution < -0.4 is 5.66 Å². The van der Waals surface area contributed by atoms with Crippen LogP contribution >= 0.6 is 31.9 Å². The van der Waals surface area contributed by atoms with Gasteiger partial charge in [0.1, 0.15) is 5.66 Å². The highest BCUT2D eigenvalue weighted by molar-refractivity contribution is 9.13. The minimum Gasteiger partial charge on any atom is -0.457 e. The monoisotopic (exact) mass is 350 g/mol. The molecule has 0 radical (unpaired) electrons. The van der Waals surface area contributed by atoms with Crippen LogP contribution in [0.25, 0.3) is 0 Å². The van der Waals surface area contributed by atoms with E-state index < -0.39 is 7.12 Å². The standard InChI is InChI=1S/C10H13BBr2O3/c1-9(2)10(3,4)16-11(15-9)7-5-6(12)8(13)14-7/h5H,1-4H3. The van der Waals surface area contributed by atoms with Gasteiger partial charge in [-0.2, -0.15) is 0 Å². The maximum atomic E-state index is 5.86. The summed E-state index contributed by atoms with van der Waals surface area (Å²) in [6.45, 7) is 8.06. The van der Waals surface area contributed by atoms with Gasteiger partial charge in [0, 0.05) is 0 Å². The zero-order valence-electron chi connectivity index (χ0n) is 9.64. The largest absolute Gasteiger partial charge is 0.532 e. The van der Waals surface area contributed by atoms with Crippen LogP contribution in [0.1, 0.15) is 27.7 Å². The second-order valence-corrected chi connectivity index (χ2v) is 6.43. The van der Waals surface area contributed by atoms with Crippen molar-refractivity contribution in [2.75, 3.05) is 0 Å². The molecule has 0 amide bonds. The number of furan rings is 1. The zero-order valence-corrected chi connectivity index (χ0v) is 12.8. The van der Waals surface area contributed by atoms with E-state index in [1.165, 1.54) is 0 Å². The van der Waals surface area contributed by atoms with E-state index in [-0.39, 0.29) is 11.2 Å². The summed E-state index contributed by atoms with van der Waals surface area (Å²) >= 11 is 6.66. The van der Waals surface area contributed by atoms with Gasteiger partial charge < -0.3 is 13.7 Å². The molecule has 0 unspecified atom stereocenters. The van der Waals surface area contributed by atoms with Gasteiger partial charge in [0.05, 0.1) is 15.7 Å². The smallest absolute Gasteiger partial charge is 0.457 e. The normalized spacial score (nSPS) is 22.8. The van der Waals surface area contributed by atoms with Gasteiger partial charge in [0.25, 0.3) is 0 Å². The van der Waals surface area contributed by atoms with E-state index in [2.05, 4.69) is 31.9 Å². The molecule has 0 aliphatic carbocycles. The first-order chi connectivity index (χ1) is 7.23. The van der Waals surface area contributed by atoms with Crippen LogP contribution in [0.15, 0.2) is 19.6 Å². The van der Waals surface area contributed by atoms with Gasteiger partial charge in [-0.25, -0.2) is 0 Å². The Balaban J connectivity index is 2.27. The molecule has 1 aliphatic heterocycles. The number of rotatable bonds is 1. The number of hydrogen-bond acceptors (Lipinski definition) is 3. The lowest BCUT2D eigenvalue weighted by atomic mass is 9.86. The van der Waals surface area contributed by atoms with Gasteiger partial charge in [-0.15, -0.1) is 0 Å². The maximum absolute atomic E-state index is 5.86. The van der Waals surface area contributed by atoms with Crippen molar-refractivity contribution in [1.29, 1.82) is 0 Å². The van der Waals surface area contributed by atoms with Crippen LogP contribution in [0.4, 0.5) is 0 Å². The fraction of sp³-hybridized carbons (Fsp3) is 0.600. The van der Waals surface area contributed by atoms with Crippen molar-refractivity contribution < 1.29 is 13.7 Å². The van der Waals surface area contributed by atoms with Crippen LogP contribution in [-0.4, -0.2) is 18.3 Å². The Morgan fingerprint density at radius 1 is 1.06 bits per heavy atom. The third kappa shape index (κ3) is 2.01. The van der Waals surface area contributed by atoms with E-state index in [4.69, 9.17) is 13.7 Å². The van der Waals surface area contributed by atoms with Crippen molar-refractivity contribution in [3.8, 4) is 0 Å². The Kier molecular flexibility index (Phi) is 3.06. The molecule has 1 saturated heterocycles. The summed E-state index contributed by atoms with van der Waals surface area (Å²) < 4.78 is 18.7. The van der Waals surface area contributed by atoms with Crippen molar-refractivity contribution in [1.82, 2.24) is 0 Å². The molecule has 6 heteroatoms. The Labute approximate surface area is 112 Å². The highest BCUT2D eigenvalue weighted by Crippen LogP contribution is 2.37. The van der Waals surface area contributed by atoms with Crippen LogP contribution in [-0.2, 0) is 9.31 Å². The highest BCUT2D eigenvalue weighted by atomic mass is 79.9. The molecule has 1 aromatic rings. The van der Waals surface area contributed by atoms with Crippen molar-refractivity contribution in [2.45, 2.75) is 38.9 Å². The minimum absolute atomic E-state index is 0.344. The molecule has 16 heavy (non-hydrogen) atoms. The lowest BCUT2D eigenvalue weighted by Gasteiger charge is -2.32. The van der Waals surface area contributed by atoms with Crippen LogP contribution in [0.5, 0.6) is 0 Å². The minimum atomic E-state index is -0.451. The Bertz CT molecular complexity index is 379. The molecule has 88 valence electrons. The van der Waals surface area contributed by atoms with Gasteiger partial charge in [0.2, 0.25) is 0 Å². The summed E-state index contributed by atoms with van der Waals surface area (Å²) in [6, 6.07) is 1.85. The van der Waals surface area contributed by atoms with Crippen molar-refractivity contribution in [3.63, 3.8) is 0 Å². The zero-order chi connectivity index (χ0) is 12.1. The van der Waals surface area contributed by atoms with E-state index in [1.807, 2.05) is 33.8 Å². The Hall–Kier alpha value is 0.225. The fourth-order valence-corrected chi connectivity index (χ4v) is 2.05. The number of halogens is 2. The molecular weight excluding hydrogens is 339 g/mol. The average Bonchev–Trinajstić information content (AvgIpc) is 2.54. The third-order valence-electron chi connectivity index (χ3n) is 3.15. The second-order valence-electron chi connectivity index (χ2n) is 4.86. The molecule has 0 N–H and O–H groups in total. The summed E-state index contributed by atoms with van der Waals surface area (Å²) in [5.74, 6) is 0. The molecule has 2 rings (SSSR count). The number of hydrogen-bond donors (Lipinski definition) is 0. The molecule has 1 fully saturated rings. The Morgan fingerprint density at radius 2 is 1.56 bits per heavy atom. The lowest BCUT2D eigenvalue weighted by Crippen LogP contribution is -2.41. The molecule has 1 aliphatic rings. The van der Waals surface area contributed by atoms with Gasteiger partial charge >= 0.3 is 7.12 Å². The van der Waals surface area contributed by atoms with Crippen LogP contribution in [0.2, 0.25) is 0 Å². The summed E-state index contributed by atoms with van der Waals surface area (Å²) in [5, 5.41) is 0. The topological polar surface area (TPSA) is 31.6 Å². The predicted molar refractivity (Wildman–Crippen MR) is 69.8 cm³/mol. The lowest BCUT2D eigenvalue weighted by molar-refractivity contribution is 0.00578. The molecule has 0 aromatic carbocycles. The quantitative estimate of drug-likeness (QED) is 0.729. The third-order valence-corrected chi connectivity index (χ3v) is 4.86. The van der Waals surface area contributed by atoms with Crippen LogP contribution in [0, 0.1) is 0 Å². The summed E-state index contributed by atoms with van der Waals surface area (Å²) in [6.07, 6.45) is 0. The fourth-order valence-electron chi connectivity index (χ4n) is 1.44. The summed E-state index contributed by atoms with van der Waals surface area (Å²) in [7, 11) is -0.451. The van der Waals surface area contributed by atoms with Gasteiger partial charge in [0.15, 0.2) is 4.67 Å². The van der Waals surface area contributed by atoms with E-state index in [0.29, 0.717) is 10.3 Å². The van der Waals surface area contributed by atoms with Crippen LogP contribution in [0.3, 0.4) is 0 Å². The van der Waals surface area contributed by atoms with E-state index in [1.54, 1.807) is 0 Å². The molecule has 0 bridgehead atoms. The summed E-state index contributed by atoms with van der Waals surface area (Å²) in [5.41, 5.74) is -0.0234. The van der Waals surface area contributed by atoms with E-state index in [0.717, 1.165) is 4.47 Å². The van der Waals surface area contributed by atoms with Crippen molar-refractivity contribution in [3.05, 3.63) is 15.2 Å². The van der Waals surface area contributed by atoms with Gasteiger partial charge in [-0.1, -0.05) is 0 Å². The maximum Gasteiger partial charge on any atom is 0.532 e. The molecule has 1 aromatic heterocycles. The summed E-state index contributed by atoms with van der Waals surface area (Å²) in [4.78, 5) is 0. The van der Waals surface area contributed by atoms with E-state index >= 15 is 0 Å². The SMILES string of the molecule is CC1(C)OB(c2cc(Br)c(Br)o2)OC1(C)C. The van der Waals surface area contributed by atoms with Crippen molar-refractivity contribution in [2.24, 2.45) is 0 Å². The Morgan fingerprint density at radius 3 is 1.94 bits per heavy atom. The molecule has 0 atom stereocenters. The first-order valence-electron chi connectivity index (χ1n) is 5.03. The van der Waals surface area contributed by atoms with Gasteiger partial charge in [-0.05, 0) is 65.6 Å². The second kappa shape index (κ2) is 3.87. The molecule has 2 heterocycles. The van der Waals surface area contributed by atoms with Gasteiger partial charge in [-0.3, -0.25) is 0 Å². The molecule has 0 spiro atoms. The first kappa shape index (κ1) is 12.7. The van der Waals surface area contributed by atoms with E-state index in [9.17, 15) is 0 Å². The molecule has 0 saturated carbocycles. The average molecular weight is 352 g/mol. The highest BCUT2D eigenvalue weighted by Gasteiger charge is 2.53. The molecule has 3 nitrogen and oxygen atoms in total. The predicted octanol–water partition coefficient (Wildman–Crippen LogP) is 3.10. The first-order valence-corrected chi connectivity index (χ1v) is 6.62. The van der Waals surface area contributed by atoms with Crippen molar-refractivity contribution >= 4 is 44.6 Å². The molecular formula is C10H13BBr2O3.